The lowest BCUT2D eigenvalue weighted by atomic mass is 10.2. The van der Waals surface area contributed by atoms with Crippen LogP contribution in [0, 0.1) is 0 Å². The van der Waals surface area contributed by atoms with Crippen LogP contribution in [0.3, 0.4) is 0 Å². The number of benzene rings is 2. The Labute approximate surface area is 183 Å². The van der Waals surface area contributed by atoms with E-state index in [2.05, 4.69) is 9.46 Å². The molecule has 0 aliphatic heterocycles. The maximum atomic E-state index is 12.4. The highest BCUT2D eigenvalue weighted by Gasteiger charge is 2.31. The van der Waals surface area contributed by atoms with Crippen molar-refractivity contribution in [1.29, 1.82) is 0 Å². The van der Waals surface area contributed by atoms with Gasteiger partial charge in [-0.15, -0.1) is 13.2 Å². The highest BCUT2D eigenvalue weighted by atomic mass is 32.2. The van der Waals surface area contributed by atoms with Crippen molar-refractivity contribution in [3.8, 4) is 17.2 Å². The third-order valence-electron chi connectivity index (χ3n) is 4.30. The molecule has 0 heterocycles. The number of amides is 1. The van der Waals surface area contributed by atoms with Crippen LogP contribution >= 0.6 is 0 Å². The average Bonchev–Trinajstić information content (AvgIpc) is 2.73. The van der Waals surface area contributed by atoms with Crippen LogP contribution in [0.2, 0.25) is 0 Å². The molecule has 0 saturated carbocycles. The van der Waals surface area contributed by atoms with Gasteiger partial charge in [-0.05, 0) is 29.8 Å². The lowest BCUT2D eigenvalue weighted by Crippen LogP contribution is -2.32. The summed E-state index contributed by atoms with van der Waals surface area (Å²) in [5, 5.41) is 0. The number of sulfonamides is 1. The summed E-state index contributed by atoms with van der Waals surface area (Å²) < 4.78 is 77.8. The predicted octanol–water partition coefficient (Wildman–Crippen LogP) is 2.93. The Bertz CT molecular complexity index is 1030. The molecule has 0 saturated heterocycles. The molecule has 0 radical (unpaired) electrons. The second-order valence-corrected chi connectivity index (χ2v) is 8.37. The first-order chi connectivity index (χ1) is 14.9. The van der Waals surface area contributed by atoms with Gasteiger partial charge in [0, 0.05) is 32.6 Å². The summed E-state index contributed by atoms with van der Waals surface area (Å²) in [6.45, 7) is -0.00816. The average molecular weight is 476 g/mol. The van der Waals surface area contributed by atoms with Crippen LogP contribution in [-0.2, 0) is 21.4 Å². The van der Waals surface area contributed by atoms with Gasteiger partial charge in [0.1, 0.15) is 5.75 Å². The molecule has 0 spiro atoms. The summed E-state index contributed by atoms with van der Waals surface area (Å²) in [6.07, 6.45) is -4.89. The maximum Gasteiger partial charge on any atom is 0.573 e. The van der Waals surface area contributed by atoms with Gasteiger partial charge in [-0.2, -0.15) is 0 Å². The summed E-state index contributed by atoms with van der Waals surface area (Å²) >= 11 is 0. The smallest absolute Gasteiger partial charge is 0.493 e. The summed E-state index contributed by atoms with van der Waals surface area (Å²) in [5.41, 5.74) is 0.585. The Morgan fingerprint density at radius 3 is 2.22 bits per heavy atom. The van der Waals surface area contributed by atoms with E-state index in [0.717, 1.165) is 12.1 Å². The van der Waals surface area contributed by atoms with Gasteiger partial charge in [0.05, 0.1) is 19.1 Å². The number of ether oxygens (including phenoxy) is 3. The van der Waals surface area contributed by atoms with E-state index in [1.165, 1.54) is 56.5 Å². The first-order valence-electron chi connectivity index (χ1n) is 9.25. The minimum absolute atomic E-state index is 0.0443. The van der Waals surface area contributed by atoms with Crippen LogP contribution in [0.4, 0.5) is 13.2 Å². The van der Waals surface area contributed by atoms with E-state index in [1.807, 2.05) is 0 Å². The molecule has 12 heteroatoms. The molecule has 2 rings (SSSR count). The molecule has 176 valence electrons. The number of nitrogens with zero attached hydrogens (tertiary/aromatic N) is 1. The van der Waals surface area contributed by atoms with Crippen molar-refractivity contribution < 1.29 is 40.6 Å². The number of hydrogen-bond acceptors (Lipinski definition) is 6. The Morgan fingerprint density at radius 1 is 1.03 bits per heavy atom. The number of halogens is 3. The van der Waals surface area contributed by atoms with E-state index < -0.39 is 16.4 Å². The summed E-state index contributed by atoms with van der Waals surface area (Å²) in [6, 6.07) is 9.23. The van der Waals surface area contributed by atoms with Gasteiger partial charge in [-0.3, -0.25) is 4.79 Å². The third-order valence-corrected chi connectivity index (χ3v) is 5.76. The van der Waals surface area contributed by atoms with Crippen molar-refractivity contribution >= 4 is 15.9 Å². The molecular formula is C20H23F3N2O6S. The first kappa shape index (κ1) is 25.3. The van der Waals surface area contributed by atoms with Gasteiger partial charge in [0.15, 0.2) is 11.5 Å². The van der Waals surface area contributed by atoms with Crippen LogP contribution in [0.25, 0.3) is 0 Å². The summed E-state index contributed by atoms with van der Waals surface area (Å²) in [4.78, 5) is 13.6. The molecule has 0 aliphatic carbocycles. The highest BCUT2D eigenvalue weighted by molar-refractivity contribution is 7.89. The molecule has 32 heavy (non-hydrogen) atoms. The van der Waals surface area contributed by atoms with Gasteiger partial charge < -0.3 is 19.1 Å². The van der Waals surface area contributed by atoms with Crippen molar-refractivity contribution in [2.45, 2.75) is 24.2 Å². The number of rotatable bonds is 10. The molecule has 2 aromatic rings. The maximum absolute atomic E-state index is 12.4. The van der Waals surface area contributed by atoms with E-state index in [4.69, 9.17) is 9.47 Å². The molecule has 1 N–H and O–H groups in total. The number of carbonyl (C=O) groups excluding carboxylic acids is 1. The summed E-state index contributed by atoms with van der Waals surface area (Å²) in [5.74, 6) is -0.0884. The first-order valence-corrected chi connectivity index (χ1v) is 10.7. The molecule has 0 aliphatic rings. The van der Waals surface area contributed by atoms with Crippen molar-refractivity contribution in [3.05, 3.63) is 48.0 Å². The minimum Gasteiger partial charge on any atom is -0.493 e. The Kier molecular flexibility index (Phi) is 8.33. The van der Waals surface area contributed by atoms with E-state index >= 15 is 0 Å². The second-order valence-electron chi connectivity index (χ2n) is 6.61. The van der Waals surface area contributed by atoms with Gasteiger partial charge in [0.25, 0.3) is 0 Å². The standard InChI is InChI=1S/C20H23F3N2O6S/c1-25(13-14-4-6-15(7-5-14)31-20(21,22)23)19(26)10-11-24-32(27,28)16-8-9-17(29-2)18(12-16)30-3/h4-9,12,24H,10-11,13H2,1-3H3. The largest absolute Gasteiger partial charge is 0.573 e. The summed E-state index contributed by atoms with van der Waals surface area (Å²) in [7, 11) is 0.435. The molecule has 0 atom stereocenters. The van der Waals surface area contributed by atoms with E-state index in [0.29, 0.717) is 11.3 Å². The molecule has 0 fully saturated rings. The zero-order valence-electron chi connectivity index (χ0n) is 17.6. The van der Waals surface area contributed by atoms with Crippen LogP contribution in [-0.4, -0.2) is 53.4 Å². The van der Waals surface area contributed by atoms with Crippen molar-refractivity contribution in [1.82, 2.24) is 9.62 Å². The SMILES string of the molecule is COc1ccc(S(=O)(=O)NCCC(=O)N(C)Cc2ccc(OC(F)(F)F)cc2)cc1OC. The highest BCUT2D eigenvalue weighted by Crippen LogP contribution is 2.29. The monoisotopic (exact) mass is 476 g/mol. The Balaban J connectivity index is 1.89. The van der Waals surface area contributed by atoms with Crippen molar-refractivity contribution in [3.63, 3.8) is 0 Å². The lowest BCUT2D eigenvalue weighted by molar-refractivity contribution is -0.274. The second kappa shape index (κ2) is 10.6. The molecular weight excluding hydrogens is 453 g/mol. The zero-order chi connectivity index (χ0) is 23.9. The third kappa shape index (κ3) is 7.31. The molecule has 1 amide bonds. The minimum atomic E-state index is -4.78. The van der Waals surface area contributed by atoms with E-state index in [1.54, 1.807) is 0 Å². The van der Waals surface area contributed by atoms with Crippen LogP contribution in [0.5, 0.6) is 17.2 Å². The molecule has 0 unspecified atom stereocenters. The topological polar surface area (TPSA) is 94.2 Å². The fourth-order valence-corrected chi connectivity index (χ4v) is 3.76. The Morgan fingerprint density at radius 2 is 1.66 bits per heavy atom. The lowest BCUT2D eigenvalue weighted by Gasteiger charge is -2.18. The normalized spacial score (nSPS) is 11.7. The molecule has 0 bridgehead atoms. The number of hydrogen-bond donors (Lipinski definition) is 1. The van der Waals surface area contributed by atoms with Crippen LogP contribution < -0.4 is 18.9 Å². The van der Waals surface area contributed by atoms with Crippen LogP contribution in [0.15, 0.2) is 47.4 Å². The zero-order valence-corrected chi connectivity index (χ0v) is 18.4. The predicted molar refractivity (Wildman–Crippen MR) is 109 cm³/mol. The van der Waals surface area contributed by atoms with E-state index in [-0.39, 0.29) is 41.8 Å². The number of alkyl halides is 3. The van der Waals surface area contributed by atoms with Crippen LogP contribution in [0.1, 0.15) is 12.0 Å². The molecule has 8 nitrogen and oxygen atoms in total. The fourth-order valence-electron chi connectivity index (χ4n) is 2.71. The van der Waals surface area contributed by atoms with E-state index in [9.17, 15) is 26.4 Å². The van der Waals surface area contributed by atoms with Gasteiger partial charge in [-0.25, -0.2) is 13.1 Å². The van der Waals surface area contributed by atoms with Crippen molar-refractivity contribution in [2.75, 3.05) is 27.8 Å². The van der Waals surface area contributed by atoms with Gasteiger partial charge in [0.2, 0.25) is 15.9 Å². The van der Waals surface area contributed by atoms with Gasteiger partial charge >= 0.3 is 6.36 Å². The Hall–Kier alpha value is -2.99. The number of nitrogens with one attached hydrogen (secondary N) is 1. The van der Waals surface area contributed by atoms with Gasteiger partial charge in [-0.1, -0.05) is 12.1 Å². The fraction of sp³-hybridized carbons (Fsp3) is 0.350. The number of methoxy groups -OCH3 is 2. The molecule has 2 aromatic carbocycles. The molecule has 0 aromatic heterocycles. The number of carbonyl (C=O) groups is 1. The van der Waals surface area contributed by atoms with Crippen molar-refractivity contribution in [2.24, 2.45) is 0 Å². The quantitative estimate of drug-likeness (QED) is 0.567.